The molecule has 1 spiro atoms. The number of hydrogen-bond donors (Lipinski definition) is 4. The van der Waals surface area contributed by atoms with Crippen LogP contribution in [0.3, 0.4) is 0 Å². The van der Waals surface area contributed by atoms with E-state index in [9.17, 15) is 10.0 Å². The number of rotatable bonds is 2. The lowest BCUT2D eigenvalue weighted by Gasteiger charge is -2.46. The van der Waals surface area contributed by atoms with E-state index in [0.29, 0.717) is 28.7 Å². The Kier molecular flexibility index (Phi) is 4.37. The summed E-state index contributed by atoms with van der Waals surface area (Å²) in [6.45, 7) is 0.869. The van der Waals surface area contributed by atoms with E-state index in [1.165, 1.54) is 0 Å². The maximum Gasteiger partial charge on any atom is 0.246 e. The Bertz CT molecular complexity index is 924. The van der Waals surface area contributed by atoms with Gasteiger partial charge in [0.05, 0.1) is 33.9 Å². The Morgan fingerprint density at radius 3 is 2.86 bits per heavy atom. The zero-order valence-corrected chi connectivity index (χ0v) is 16.5. The van der Waals surface area contributed by atoms with Crippen LogP contribution in [0, 0.1) is 4.91 Å². The number of halogens is 2. The van der Waals surface area contributed by atoms with Crippen LogP contribution >= 0.6 is 23.2 Å². The van der Waals surface area contributed by atoms with Gasteiger partial charge in [0.15, 0.2) is 0 Å². The smallest absolute Gasteiger partial charge is 0.246 e. The molecule has 6 nitrogen and oxygen atoms in total. The molecule has 146 valence electrons. The van der Waals surface area contributed by atoms with Crippen molar-refractivity contribution in [1.82, 2.24) is 10.6 Å². The number of hydrogen-bond acceptors (Lipinski definition) is 5. The summed E-state index contributed by atoms with van der Waals surface area (Å²) in [5.41, 5.74) is 2.30. The van der Waals surface area contributed by atoms with Crippen LogP contribution < -0.4 is 16.0 Å². The van der Waals surface area contributed by atoms with Crippen LogP contribution in [0.25, 0.3) is 0 Å². The molecule has 5 rings (SSSR count). The quantitative estimate of drug-likeness (QED) is 0.553. The predicted octanol–water partition coefficient (Wildman–Crippen LogP) is 2.38. The number of para-hydroxylation sites is 1. The number of nitroso groups, excluding NO2 is 1. The van der Waals surface area contributed by atoms with Crippen LogP contribution in [0.2, 0.25) is 10.0 Å². The molecule has 2 aliphatic heterocycles. The van der Waals surface area contributed by atoms with Crippen LogP contribution in [-0.4, -0.2) is 52.8 Å². The SMILES string of the molecule is O=[N+]1CNC23CNC4C(=CC=CC4O)C2=CC(Nc2c(Cl)cccc2Cl)CC13. The lowest BCUT2D eigenvalue weighted by Crippen LogP contribution is -2.67. The predicted molar refractivity (Wildman–Crippen MR) is 110 cm³/mol. The third kappa shape index (κ3) is 2.67. The largest absolute Gasteiger partial charge is 0.387 e. The second kappa shape index (κ2) is 6.68. The number of benzene rings is 1. The molecule has 2 saturated heterocycles. The molecular weight excluding hydrogens is 399 g/mol. The number of aliphatic hydroxyl groups is 1. The van der Waals surface area contributed by atoms with Gasteiger partial charge in [-0.2, -0.15) is 0 Å². The van der Waals surface area contributed by atoms with Gasteiger partial charge in [-0.05, 0) is 23.3 Å². The highest BCUT2D eigenvalue weighted by Crippen LogP contribution is 2.44. The first-order valence-electron chi connectivity index (χ1n) is 9.41. The molecule has 8 heteroatoms. The van der Waals surface area contributed by atoms with Gasteiger partial charge in [0.25, 0.3) is 0 Å². The van der Waals surface area contributed by atoms with Crippen LogP contribution in [0.15, 0.2) is 53.6 Å². The highest BCUT2D eigenvalue weighted by molar-refractivity contribution is 6.39. The average Bonchev–Trinajstić information content (AvgIpc) is 3.00. The van der Waals surface area contributed by atoms with Crippen molar-refractivity contribution in [2.75, 3.05) is 18.5 Å². The molecule has 4 aliphatic rings. The number of nitrogens with zero attached hydrogens (tertiary/aromatic N) is 1. The van der Waals surface area contributed by atoms with Crippen molar-refractivity contribution in [3.8, 4) is 0 Å². The van der Waals surface area contributed by atoms with Crippen LogP contribution in [0.1, 0.15) is 6.42 Å². The summed E-state index contributed by atoms with van der Waals surface area (Å²) in [6.07, 6.45) is 7.87. The molecule has 4 N–H and O–H groups in total. The number of piperidine rings is 1. The van der Waals surface area contributed by atoms with Crippen molar-refractivity contribution in [3.05, 3.63) is 68.6 Å². The fourth-order valence-corrected chi connectivity index (χ4v) is 5.43. The fraction of sp³-hybridized carbons (Fsp3) is 0.400. The van der Waals surface area contributed by atoms with Crippen molar-refractivity contribution in [3.63, 3.8) is 0 Å². The third-order valence-electron chi connectivity index (χ3n) is 6.26. The minimum absolute atomic E-state index is 0.107. The van der Waals surface area contributed by atoms with E-state index in [2.05, 4.69) is 22.0 Å². The zero-order chi connectivity index (χ0) is 19.5. The van der Waals surface area contributed by atoms with Gasteiger partial charge in [0.1, 0.15) is 5.54 Å². The van der Waals surface area contributed by atoms with Gasteiger partial charge in [-0.1, -0.05) is 53.6 Å². The summed E-state index contributed by atoms with van der Waals surface area (Å²) >= 11 is 12.7. The first-order chi connectivity index (χ1) is 13.5. The maximum atomic E-state index is 12.7. The first kappa shape index (κ1) is 18.3. The van der Waals surface area contributed by atoms with E-state index in [0.717, 1.165) is 15.9 Å². The monoisotopic (exact) mass is 419 g/mol. The van der Waals surface area contributed by atoms with E-state index < -0.39 is 11.6 Å². The molecule has 0 bridgehead atoms. The Labute approximate surface area is 172 Å². The molecule has 1 aromatic rings. The average molecular weight is 420 g/mol. The van der Waals surface area contributed by atoms with Crippen molar-refractivity contribution >= 4 is 28.9 Å². The molecule has 28 heavy (non-hydrogen) atoms. The maximum absolute atomic E-state index is 12.7. The fourth-order valence-electron chi connectivity index (χ4n) is 4.93. The molecule has 2 aliphatic carbocycles. The van der Waals surface area contributed by atoms with Crippen molar-refractivity contribution in [2.45, 2.75) is 36.2 Å². The summed E-state index contributed by atoms with van der Waals surface area (Å²) in [5, 5.41) is 21.8. The number of aliphatic hydroxyl groups excluding tert-OH is 1. The normalized spacial score (nSPS) is 36.2. The summed E-state index contributed by atoms with van der Waals surface area (Å²) < 4.78 is 1.12. The molecular formula is C20H21Cl2N4O2+. The highest BCUT2D eigenvalue weighted by atomic mass is 35.5. The zero-order valence-electron chi connectivity index (χ0n) is 15.0. The minimum Gasteiger partial charge on any atom is -0.387 e. The van der Waals surface area contributed by atoms with E-state index >= 15 is 0 Å². The van der Waals surface area contributed by atoms with Gasteiger partial charge >= 0.3 is 0 Å². The van der Waals surface area contributed by atoms with Crippen molar-refractivity contribution in [2.24, 2.45) is 0 Å². The molecule has 0 saturated carbocycles. The van der Waals surface area contributed by atoms with Gasteiger partial charge in [-0.15, -0.1) is 0 Å². The Hall–Kier alpha value is -1.70. The van der Waals surface area contributed by atoms with E-state index in [4.69, 9.17) is 23.2 Å². The summed E-state index contributed by atoms with van der Waals surface area (Å²) in [5.74, 6) is 0. The van der Waals surface area contributed by atoms with Gasteiger partial charge in [-0.3, -0.25) is 0 Å². The molecule has 2 heterocycles. The molecule has 5 atom stereocenters. The topological polar surface area (TPSA) is 76.4 Å². The molecule has 0 radical (unpaired) electrons. The summed E-state index contributed by atoms with van der Waals surface area (Å²) in [6, 6.07) is 4.87. The number of anilines is 1. The molecule has 0 aromatic heterocycles. The van der Waals surface area contributed by atoms with E-state index in [1.807, 2.05) is 12.2 Å². The van der Waals surface area contributed by atoms with Gasteiger partial charge < -0.3 is 15.7 Å². The second-order valence-corrected chi connectivity index (χ2v) is 8.57. The third-order valence-corrected chi connectivity index (χ3v) is 6.89. The Balaban J connectivity index is 1.58. The second-order valence-electron chi connectivity index (χ2n) is 7.76. The Morgan fingerprint density at radius 1 is 1.29 bits per heavy atom. The van der Waals surface area contributed by atoms with Gasteiger partial charge in [-0.25, -0.2) is 5.32 Å². The lowest BCUT2D eigenvalue weighted by molar-refractivity contribution is -0.570. The summed E-state index contributed by atoms with van der Waals surface area (Å²) in [7, 11) is 0. The van der Waals surface area contributed by atoms with Crippen LogP contribution in [0.5, 0.6) is 0 Å². The molecule has 0 amide bonds. The standard InChI is InChI=1S/C20H21Cl2N4O2/c21-14-4-2-5-15(22)19(14)25-11-7-13-12-3-1-6-16(27)18(12)23-9-20(13)17(8-11)26(28)10-24-20/h1-7,11,16-18,23-25,27H,8-10H2/q+1. The molecule has 2 fully saturated rings. The van der Waals surface area contributed by atoms with Crippen LogP contribution in [0.4, 0.5) is 5.69 Å². The van der Waals surface area contributed by atoms with Gasteiger partial charge in [0, 0.05) is 22.6 Å². The highest BCUT2D eigenvalue weighted by Gasteiger charge is 2.62. The number of nitrogens with one attached hydrogen (secondary N) is 3. The number of fused-ring (bicyclic) bond motifs is 2. The van der Waals surface area contributed by atoms with E-state index in [1.54, 1.807) is 24.3 Å². The summed E-state index contributed by atoms with van der Waals surface area (Å²) in [4.78, 5) is 12.7. The van der Waals surface area contributed by atoms with Crippen LogP contribution in [-0.2, 0) is 0 Å². The first-order valence-corrected chi connectivity index (χ1v) is 10.2. The lowest BCUT2D eigenvalue weighted by atomic mass is 9.67. The minimum atomic E-state index is -0.590. The number of allylic oxidation sites excluding steroid dienone is 2. The van der Waals surface area contributed by atoms with Crippen molar-refractivity contribution < 1.29 is 9.87 Å². The molecule has 5 unspecified atom stereocenters. The van der Waals surface area contributed by atoms with E-state index in [-0.39, 0.29) is 24.8 Å². The molecule has 1 aromatic carbocycles. The van der Waals surface area contributed by atoms with Crippen molar-refractivity contribution in [1.29, 1.82) is 0 Å². The van der Waals surface area contributed by atoms with Gasteiger partial charge in [0.2, 0.25) is 12.7 Å². The Morgan fingerprint density at radius 2 is 2.07 bits per heavy atom.